The number of carbonyl (C=O) groups excluding carboxylic acids is 3. The van der Waals surface area contributed by atoms with E-state index in [0.29, 0.717) is 46.8 Å². The van der Waals surface area contributed by atoms with Crippen LogP contribution in [-0.2, 0) is 9.59 Å². The highest BCUT2D eigenvalue weighted by Crippen LogP contribution is 2.32. The fourth-order valence-electron chi connectivity index (χ4n) is 4.20. The quantitative estimate of drug-likeness (QED) is 0.625. The van der Waals surface area contributed by atoms with Crippen molar-refractivity contribution >= 4 is 40.6 Å². The summed E-state index contributed by atoms with van der Waals surface area (Å²) in [6, 6.07) is 4.16. The zero-order chi connectivity index (χ0) is 24.5. The van der Waals surface area contributed by atoms with Crippen LogP contribution in [0.1, 0.15) is 63.4 Å². The molecule has 0 aliphatic carbocycles. The van der Waals surface area contributed by atoms with E-state index in [-0.39, 0.29) is 36.2 Å². The second-order valence-electron chi connectivity index (χ2n) is 9.75. The molecule has 3 amide bonds. The smallest absolute Gasteiger partial charge is 0.256 e. The number of amides is 3. The Morgan fingerprint density at radius 2 is 1.97 bits per heavy atom. The van der Waals surface area contributed by atoms with Crippen LogP contribution < -0.4 is 5.32 Å². The van der Waals surface area contributed by atoms with Crippen molar-refractivity contribution in [3.05, 3.63) is 46.3 Å². The van der Waals surface area contributed by atoms with Crippen molar-refractivity contribution in [1.29, 1.82) is 0 Å². The first kappa shape index (κ1) is 25.0. The second-order valence-corrected chi connectivity index (χ2v) is 10.3. The van der Waals surface area contributed by atoms with E-state index < -0.39 is 11.9 Å². The van der Waals surface area contributed by atoms with Crippen molar-refractivity contribution < 1.29 is 18.8 Å². The van der Waals surface area contributed by atoms with Gasteiger partial charge in [-0.05, 0) is 48.1 Å². The van der Waals surface area contributed by atoms with E-state index in [9.17, 15) is 18.8 Å². The van der Waals surface area contributed by atoms with E-state index in [4.69, 9.17) is 11.6 Å². The number of benzene rings is 1. The van der Waals surface area contributed by atoms with Crippen molar-refractivity contribution in [3.63, 3.8) is 0 Å². The molecule has 2 aliphatic rings. The zero-order valence-electron chi connectivity index (χ0n) is 19.8. The predicted molar refractivity (Wildman–Crippen MR) is 128 cm³/mol. The van der Waals surface area contributed by atoms with Gasteiger partial charge in [0.2, 0.25) is 11.8 Å². The standard InChI is InChI=1S/C25H31ClFN3O3/c1-6-17(19(27)11-15(2)26)16-7-8-20-18(12-16)24(33)30-10-9-29(14-21(30)23(32)28-20)22(31)13-25(3,4)5/h7-8,11-12,21H,6,9-10,13-14H2,1-5H3,(H,28,32). The van der Waals surface area contributed by atoms with Gasteiger partial charge in [-0.3, -0.25) is 14.4 Å². The van der Waals surface area contributed by atoms with Crippen LogP contribution in [0.5, 0.6) is 0 Å². The maximum absolute atomic E-state index is 14.7. The third-order valence-corrected chi connectivity index (χ3v) is 5.91. The summed E-state index contributed by atoms with van der Waals surface area (Å²) in [5, 5.41) is 3.14. The highest BCUT2D eigenvalue weighted by molar-refractivity contribution is 6.29. The molecule has 1 N–H and O–H groups in total. The van der Waals surface area contributed by atoms with Crippen molar-refractivity contribution in [2.75, 3.05) is 25.0 Å². The van der Waals surface area contributed by atoms with E-state index in [1.165, 1.54) is 11.0 Å². The minimum Gasteiger partial charge on any atom is -0.338 e. The highest BCUT2D eigenvalue weighted by atomic mass is 35.5. The first-order chi connectivity index (χ1) is 15.4. The molecule has 8 heteroatoms. The Bertz CT molecular complexity index is 1040. The largest absolute Gasteiger partial charge is 0.338 e. The molecule has 1 aromatic carbocycles. The number of hydrogen-bond donors (Lipinski definition) is 1. The average molecular weight is 476 g/mol. The van der Waals surface area contributed by atoms with Gasteiger partial charge in [0.05, 0.1) is 17.8 Å². The van der Waals surface area contributed by atoms with Gasteiger partial charge in [-0.25, -0.2) is 4.39 Å². The third kappa shape index (κ3) is 5.64. The highest BCUT2D eigenvalue weighted by Gasteiger charge is 2.40. The monoisotopic (exact) mass is 475 g/mol. The summed E-state index contributed by atoms with van der Waals surface area (Å²) >= 11 is 5.83. The number of carbonyl (C=O) groups is 3. The van der Waals surface area contributed by atoms with Crippen LogP contribution in [0.15, 0.2) is 35.1 Å². The van der Waals surface area contributed by atoms with Gasteiger partial charge >= 0.3 is 0 Å². The molecule has 1 atom stereocenters. The minimum absolute atomic E-state index is 0.0257. The van der Waals surface area contributed by atoms with Crippen LogP contribution in [0.25, 0.3) is 5.57 Å². The fraction of sp³-hybridized carbons (Fsp3) is 0.480. The topological polar surface area (TPSA) is 69.7 Å². The molecule has 0 bridgehead atoms. The SMILES string of the molecule is CCC(=C(F)C=C(C)Cl)c1ccc2c(c1)C(=O)N1CCN(C(=O)CC(C)(C)C)CC1C(=O)N2. The number of halogens is 2. The Morgan fingerprint density at radius 1 is 1.27 bits per heavy atom. The summed E-state index contributed by atoms with van der Waals surface area (Å²) in [7, 11) is 0. The molecule has 0 aromatic heterocycles. The molecule has 33 heavy (non-hydrogen) atoms. The summed E-state index contributed by atoms with van der Waals surface area (Å²) in [5.74, 6) is -1.12. The number of rotatable bonds is 4. The normalized spacial score (nSPS) is 20.0. The van der Waals surface area contributed by atoms with Gasteiger partial charge in [0.1, 0.15) is 11.9 Å². The van der Waals surface area contributed by atoms with E-state index >= 15 is 0 Å². The summed E-state index contributed by atoms with van der Waals surface area (Å²) in [6.45, 7) is 10.2. The maximum atomic E-state index is 14.7. The predicted octanol–water partition coefficient (Wildman–Crippen LogP) is 4.96. The third-order valence-electron chi connectivity index (χ3n) is 5.80. The van der Waals surface area contributed by atoms with Gasteiger partial charge in [0, 0.05) is 24.5 Å². The lowest BCUT2D eigenvalue weighted by molar-refractivity contribution is -0.137. The van der Waals surface area contributed by atoms with Gasteiger partial charge in [-0.15, -0.1) is 0 Å². The molecule has 1 saturated heterocycles. The molecular weight excluding hydrogens is 445 g/mol. The van der Waals surface area contributed by atoms with E-state index in [1.54, 1.807) is 30.0 Å². The number of nitrogens with one attached hydrogen (secondary N) is 1. The molecule has 3 rings (SSSR count). The van der Waals surface area contributed by atoms with Gasteiger partial charge in [-0.2, -0.15) is 0 Å². The summed E-state index contributed by atoms with van der Waals surface area (Å²) in [5.41, 5.74) is 1.51. The number of allylic oxidation sites excluding steroid dienone is 4. The van der Waals surface area contributed by atoms with Crippen molar-refractivity contribution in [2.24, 2.45) is 5.41 Å². The lowest BCUT2D eigenvalue weighted by Crippen LogP contribution is -2.59. The molecule has 178 valence electrons. The zero-order valence-corrected chi connectivity index (χ0v) is 20.6. The molecule has 0 saturated carbocycles. The minimum atomic E-state index is -0.772. The van der Waals surface area contributed by atoms with Gasteiger partial charge < -0.3 is 15.1 Å². The van der Waals surface area contributed by atoms with E-state index in [1.807, 2.05) is 27.7 Å². The van der Waals surface area contributed by atoms with E-state index in [0.717, 1.165) is 0 Å². The number of nitrogens with zero attached hydrogens (tertiary/aromatic N) is 2. The Labute approximate surface area is 199 Å². The molecule has 6 nitrogen and oxygen atoms in total. The molecule has 1 unspecified atom stereocenters. The maximum Gasteiger partial charge on any atom is 0.256 e. The van der Waals surface area contributed by atoms with Gasteiger partial charge in [0.25, 0.3) is 5.91 Å². The number of piperazine rings is 1. The molecule has 2 aliphatic heterocycles. The van der Waals surface area contributed by atoms with Gasteiger partial charge in [-0.1, -0.05) is 45.4 Å². The number of hydrogen-bond acceptors (Lipinski definition) is 3. The van der Waals surface area contributed by atoms with Crippen LogP contribution in [0.3, 0.4) is 0 Å². The Balaban J connectivity index is 1.92. The second kappa shape index (κ2) is 9.67. The van der Waals surface area contributed by atoms with Crippen LogP contribution in [0.4, 0.5) is 10.1 Å². The molecule has 2 heterocycles. The number of anilines is 1. The van der Waals surface area contributed by atoms with Crippen LogP contribution >= 0.6 is 11.6 Å². The lowest BCUT2D eigenvalue weighted by Gasteiger charge is -2.40. The van der Waals surface area contributed by atoms with E-state index in [2.05, 4.69) is 5.32 Å². The summed E-state index contributed by atoms with van der Waals surface area (Å²) in [6.07, 6.45) is 2.02. The van der Waals surface area contributed by atoms with Gasteiger partial charge in [0.15, 0.2) is 0 Å². The Hall–Kier alpha value is -2.67. The molecule has 0 radical (unpaired) electrons. The Kier molecular flexibility index (Phi) is 7.32. The van der Waals surface area contributed by atoms with Crippen molar-refractivity contribution in [1.82, 2.24) is 9.80 Å². The van der Waals surface area contributed by atoms with Crippen molar-refractivity contribution in [3.8, 4) is 0 Å². The van der Waals surface area contributed by atoms with Crippen molar-refractivity contribution in [2.45, 2.75) is 53.5 Å². The number of fused-ring (bicyclic) bond motifs is 2. The van der Waals surface area contributed by atoms with Crippen LogP contribution in [0.2, 0.25) is 0 Å². The molecule has 1 aromatic rings. The first-order valence-electron chi connectivity index (χ1n) is 11.2. The molecule has 1 fully saturated rings. The summed E-state index contributed by atoms with van der Waals surface area (Å²) in [4.78, 5) is 42.3. The lowest BCUT2D eigenvalue weighted by atomic mass is 9.91. The Morgan fingerprint density at radius 3 is 2.58 bits per heavy atom. The average Bonchev–Trinajstić information content (AvgIpc) is 2.81. The molecular formula is C25H31ClFN3O3. The fourth-order valence-corrected chi connectivity index (χ4v) is 4.30. The first-order valence-corrected chi connectivity index (χ1v) is 11.6. The molecule has 0 spiro atoms. The van der Waals surface area contributed by atoms with Crippen LogP contribution in [-0.4, -0.2) is 53.2 Å². The van der Waals surface area contributed by atoms with Crippen LogP contribution in [0, 0.1) is 5.41 Å². The summed E-state index contributed by atoms with van der Waals surface area (Å²) < 4.78 is 14.7.